The third-order valence-corrected chi connectivity index (χ3v) is 3.70. The van der Waals surface area contributed by atoms with Crippen molar-refractivity contribution in [3.8, 4) is 6.07 Å². The number of nitriles is 1. The smallest absolute Gasteiger partial charge is 0.239 e. The minimum absolute atomic E-state index is 0.0738. The van der Waals surface area contributed by atoms with Gasteiger partial charge in [0, 0.05) is 19.3 Å². The van der Waals surface area contributed by atoms with E-state index in [-0.39, 0.29) is 12.5 Å². The zero-order valence-corrected chi connectivity index (χ0v) is 12.1. The molecule has 0 radical (unpaired) electrons. The molecule has 5 nitrogen and oxygen atoms in total. The average molecular weight is 272 g/mol. The molecule has 0 bridgehead atoms. The van der Waals surface area contributed by atoms with Gasteiger partial charge in [0.1, 0.15) is 11.9 Å². The maximum Gasteiger partial charge on any atom is 0.239 e. The summed E-state index contributed by atoms with van der Waals surface area (Å²) in [6.07, 6.45) is 4.27. The summed E-state index contributed by atoms with van der Waals surface area (Å²) in [4.78, 5) is 18.1. The summed E-state index contributed by atoms with van der Waals surface area (Å²) in [5, 5.41) is 11.9. The zero-order valence-electron chi connectivity index (χ0n) is 12.1. The minimum atomic E-state index is -0.0738. The summed E-state index contributed by atoms with van der Waals surface area (Å²) in [6, 6.07) is 4.16. The van der Waals surface area contributed by atoms with Crippen molar-refractivity contribution < 1.29 is 4.79 Å². The van der Waals surface area contributed by atoms with Crippen LogP contribution in [0.15, 0.2) is 6.07 Å². The predicted octanol–water partition coefficient (Wildman–Crippen LogP) is 1.40. The SMILES string of the molecule is CCN(CC(=O)NC)c1nc2c(cc1C#N)CCCC2. The molecule has 20 heavy (non-hydrogen) atoms. The van der Waals surface area contributed by atoms with Gasteiger partial charge >= 0.3 is 0 Å². The Kier molecular flexibility index (Phi) is 4.57. The molecule has 1 heterocycles. The van der Waals surface area contributed by atoms with Crippen LogP contribution in [0.5, 0.6) is 0 Å². The van der Waals surface area contributed by atoms with E-state index in [0.29, 0.717) is 17.9 Å². The number of amides is 1. The van der Waals surface area contributed by atoms with Crippen molar-refractivity contribution in [3.63, 3.8) is 0 Å². The van der Waals surface area contributed by atoms with Crippen molar-refractivity contribution in [3.05, 3.63) is 22.9 Å². The Morgan fingerprint density at radius 2 is 2.25 bits per heavy atom. The molecule has 1 N–H and O–H groups in total. The highest BCUT2D eigenvalue weighted by atomic mass is 16.1. The highest BCUT2D eigenvalue weighted by molar-refractivity contribution is 5.81. The maximum absolute atomic E-state index is 11.6. The van der Waals surface area contributed by atoms with Gasteiger partial charge in [-0.3, -0.25) is 4.79 Å². The van der Waals surface area contributed by atoms with Gasteiger partial charge in [-0.05, 0) is 44.2 Å². The number of nitrogens with one attached hydrogen (secondary N) is 1. The quantitative estimate of drug-likeness (QED) is 0.899. The van der Waals surface area contributed by atoms with Crippen LogP contribution in [0.1, 0.15) is 36.6 Å². The number of rotatable bonds is 4. The maximum atomic E-state index is 11.6. The number of pyridine rings is 1. The molecule has 0 unspecified atom stereocenters. The molecule has 0 spiro atoms. The molecule has 0 aromatic carbocycles. The van der Waals surface area contributed by atoms with Gasteiger partial charge in [-0.1, -0.05) is 0 Å². The molecule has 0 saturated heterocycles. The van der Waals surface area contributed by atoms with Crippen LogP contribution in [0.4, 0.5) is 5.82 Å². The van der Waals surface area contributed by atoms with Gasteiger partial charge in [0.2, 0.25) is 5.91 Å². The lowest BCUT2D eigenvalue weighted by molar-refractivity contribution is -0.119. The fourth-order valence-corrected chi connectivity index (χ4v) is 2.53. The second kappa shape index (κ2) is 6.38. The highest BCUT2D eigenvalue weighted by Gasteiger charge is 2.19. The summed E-state index contributed by atoms with van der Waals surface area (Å²) in [7, 11) is 1.61. The number of hydrogen-bond donors (Lipinski definition) is 1. The Labute approximate surface area is 119 Å². The molecule has 1 aromatic heterocycles. The van der Waals surface area contributed by atoms with Gasteiger partial charge in [-0.15, -0.1) is 0 Å². The number of nitrogens with zero attached hydrogens (tertiary/aromatic N) is 3. The lowest BCUT2D eigenvalue weighted by Crippen LogP contribution is -2.36. The lowest BCUT2D eigenvalue weighted by atomic mass is 9.95. The van der Waals surface area contributed by atoms with Crippen LogP contribution in [0.25, 0.3) is 0 Å². The first kappa shape index (κ1) is 14.3. The summed E-state index contributed by atoms with van der Waals surface area (Å²) in [6.45, 7) is 2.84. The lowest BCUT2D eigenvalue weighted by Gasteiger charge is -2.24. The third kappa shape index (κ3) is 2.90. The van der Waals surface area contributed by atoms with Gasteiger partial charge in [-0.25, -0.2) is 4.98 Å². The first-order valence-corrected chi connectivity index (χ1v) is 7.08. The zero-order chi connectivity index (χ0) is 14.5. The Bertz CT molecular complexity index is 548. The van der Waals surface area contributed by atoms with Crippen LogP contribution < -0.4 is 10.2 Å². The van der Waals surface area contributed by atoms with Crippen molar-refractivity contribution >= 4 is 11.7 Å². The van der Waals surface area contributed by atoms with Crippen molar-refractivity contribution in [2.45, 2.75) is 32.6 Å². The van der Waals surface area contributed by atoms with Crippen molar-refractivity contribution in [1.29, 1.82) is 5.26 Å². The first-order chi connectivity index (χ1) is 9.69. The summed E-state index contributed by atoms with van der Waals surface area (Å²) in [5.41, 5.74) is 2.84. The summed E-state index contributed by atoms with van der Waals surface area (Å²) < 4.78 is 0. The number of carbonyl (C=O) groups is 1. The van der Waals surface area contributed by atoms with E-state index in [1.165, 1.54) is 5.56 Å². The average Bonchev–Trinajstić information content (AvgIpc) is 2.50. The fourth-order valence-electron chi connectivity index (χ4n) is 2.53. The Morgan fingerprint density at radius 1 is 1.50 bits per heavy atom. The summed E-state index contributed by atoms with van der Waals surface area (Å²) >= 11 is 0. The third-order valence-electron chi connectivity index (χ3n) is 3.70. The molecule has 2 rings (SSSR count). The molecule has 1 aliphatic carbocycles. The van der Waals surface area contributed by atoms with Crippen LogP contribution >= 0.6 is 0 Å². The monoisotopic (exact) mass is 272 g/mol. The molecule has 0 aliphatic heterocycles. The van der Waals surface area contributed by atoms with Gasteiger partial charge < -0.3 is 10.2 Å². The van der Waals surface area contributed by atoms with E-state index in [4.69, 9.17) is 0 Å². The molecule has 1 amide bonds. The highest BCUT2D eigenvalue weighted by Crippen LogP contribution is 2.26. The van der Waals surface area contributed by atoms with E-state index in [0.717, 1.165) is 31.4 Å². The molecule has 0 atom stereocenters. The number of fused-ring (bicyclic) bond motifs is 1. The van der Waals surface area contributed by atoms with Crippen LogP contribution in [0, 0.1) is 11.3 Å². The first-order valence-electron chi connectivity index (χ1n) is 7.08. The normalized spacial score (nSPS) is 13.2. The number of likely N-dealkylation sites (N-methyl/N-ethyl adjacent to an activating group) is 2. The second-order valence-electron chi connectivity index (χ2n) is 4.97. The Morgan fingerprint density at radius 3 is 2.90 bits per heavy atom. The molecule has 0 fully saturated rings. The van der Waals surface area contributed by atoms with Crippen LogP contribution in [-0.2, 0) is 17.6 Å². The van der Waals surface area contributed by atoms with Gasteiger partial charge in [-0.2, -0.15) is 5.26 Å². The predicted molar refractivity (Wildman–Crippen MR) is 77.5 cm³/mol. The number of aryl methyl sites for hydroxylation is 2. The number of hydrogen-bond acceptors (Lipinski definition) is 4. The van der Waals surface area contributed by atoms with E-state index in [1.807, 2.05) is 17.9 Å². The Hall–Kier alpha value is -2.09. The van der Waals surface area contributed by atoms with Crippen molar-refractivity contribution in [2.24, 2.45) is 0 Å². The Balaban J connectivity index is 2.38. The summed E-state index contributed by atoms with van der Waals surface area (Å²) in [5.74, 6) is 0.564. The van der Waals surface area contributed by atoms with Gasteiger partial charge in [0.15, 0.2) is 0 Å². The molecular formula is C15H20N4O. The fraction of sp³-hybridized carbons (Fsp3) is 0.533. The molecule has 1 aromatic rings. The molecule has 5 heteroatoms. The molecular weight excluding hydrogens is 252 g/mol. The van der Waals surface area contributed by atoms with Crippen LogP contribution in [-0.4, -0.2) is 31.0 Å². The van der Waals surface area contributed by atoms with E-state index in [2.05, 4.69) is 16.4 Å². The number of aromatic nitrogens is 1. The second-order valence-corrected chi connectivity index (χ2v) is 4.97. The molecule has 106 valence electrons. The van der Waals surface area contributed by atoms with Gasteiger partial charge in [0.05, 0.1) is 12.1 Å². The van der Waals surface area contributed by atoms with Gasteiger partial charge in [0.25, 0.3) is 0 Å². The van der Waals surface area contributed by atoms with E-state index >= 15 is 0 Å². The standard InChI is InChI=1S/C15H20N4O/c1-3-19(10-14(20)17-2)15-12(9-16)8-11-6-4-5-7-13(11)18-15/h8H,3-7,10H2,1-2H3,(H,17,20). The molecule has 1 aliphatic rings. The molecule has 0 saturated carbocycles. The van der Waals surface area contributed by atoms with Crippen LogP contribution in [0.2, 0.25) is 0 Å². The van der Waals surface area contributed by atoms with Crippen molar-refractivity contribution in [2.75, 3.05) is 25.0 Å². The van der Waals surface area contributed by atoms with E-state index in [1.54, 1.807) is 7.05 Å². The topological polar surface area (TPSA) is 69.0 Å². The van der Waals surface area contributed by atoms with Crippen LogP contribution in [0.3, 0.4) is 0 Å². The largest absolute Gasteiger partial charge is 0.358 e. The minimum Gasteiger partial charge on any atom is -0.358 e. The van der Waals surface area contributed by atoms with E-state index < -0.39 is 0 Å². The van der Waals surface area contributed by atoms with Crippen molar-refractivity contribution in [1.82, 2.24) is 10.3 Å². The van der Waals surface area contributed by atoms with E-state index in [9.17, 15) is 10.1 Å². The number of anilines is 1. The number of carbonyl (C=O) groups excluding carboxylic acids is 1.